The van der Waals surface area contributed by atoms with Crippen molar-refractivity contribution in [2.24, 2.45) is 0 Å². The highest BCUT2D eigenvalue weighted by Gasteiger charge is 2.30. The van der Waals surface area contributed by atoms with Gasteiger partial charge in [0.15, 0.2) is 11.6 Å². The van der Waals surface area contributed by atoms with Crippen molar-refractivity contribution >= 4 is 32.4 Å². The third kappa shape index (κ3) is 3.83. The molecule has 0 unspecified atom stereocenters. The van der Waals surface area contributed by atoms with Crippen molar-refractivity contribution in [1.82, 2.24) is 19.5 Å². The maximum absolute atomic E-state index is 12.7. The number of rotatable bonds is 4. The van der Waals surface area contributed by atoms with Crippen LogP contribution >= 0.6 is 0 Å². The van der Waals surface area contributed by atoms with Gasteiger partial charge in [-0.1, -0.05) is 12.1 Å². The Labute approximate surface area is 169 Å². The van der Waals surface area contributed by atoms with E-state index in [9.17, 15) is 21.6 Å². The Morgan fingerprint density at radius 1 is 0.967 bits per heavy atom. The molecule has 0 radical (unpaired) electrons. The van der Waals surface area contributed by atoms with Gasteiger partial charge in [-0.25, -0.2) is 18.4 Å². The molecular weight excluding hydrogens is 419 g/mol. The lowest BCUT2D eigenvalue weighted by atomic mass is 10.2. The number of nitrogens with zero attached hydrogens (tertiary/aromatic N) is 4. The van der Waals surface area contributed by atoms with E-state index in [1.807, 2.05) is 0 Å². The van der Waals surface area contributed by atoms with E-state index in [0.717, 1.165) is 18.4 Å². The van der Waals surface area contributed by atoms with E-state index in [1.165, 1.54) is 29.1 Å². The Bertz CT molecular complexity index is 1330. The average molecular weight is 433 g/mol. The SMILES string of the molecule is CS(=O)(=O)c1nc2ccccc2n1-c1cncc(Nc2ccc(C(F)(F)F)cc2)n1. The highest BCUT2D eigenvalue weighted by molar-refractivity contribution is 7.90. The first-order valence-corrected chi connectivity index (χ1v) is 10.5. The molecule has 2 aromatic heterocycles. The van der Waals surface area contributed by atoms with Gasteiger partial charge in [0.1, 0.15) is 0 Å². The van der Waals surface area contributed by atoms with Crippen LogP contribution in [-0.4, -0.2) is 34.2 Å². The summed E-state index contributed by atoms with van der Waals surface area (Å²) in [7, 11) is -3.68. The molecule has 0 bridgehead atoms. The molecule has 0 fully saturated rings. The lowest BCUT2D eigenvalue weighted by Gasteiger charge is -2.11. The fourth-order valence-corrected chi connectivity index (χ4v) is 3.68. The van der Waals surface area contributed by atoms with E-state index in [4.69, 9.17) is 0 Å². The lowest BCUT2D eigenvalue weighted by molar-refractivity contribution is -0.137. The number of fused-ring (bicyclic) bond motifs is 1. The zero-order valence-electron chi connectivity index (χ0n) is 15.4. The van der Waals surface area contributed by atoms with Gasteiger partial charge in [0.25, 0.3) is 0 Å². The zero-order valence-corrected chi connectivity index (χ0v) is 16.2. The zero-order chi connectivity index (χ0) is 21.5. The maximum Gasteiger partial charge on any atom is 0.416 e. The molecule has 2 heterocycles. The Morgan fingerprint density at radius 2 is 1.67 bits per heavy atom. The summed E-state index contributed by atoms with van der Waals surface area (Å²) in [6.07, 6.45) is -0.633. The summed E-state index contributed by atoms with van der Waals surface area (Å²) < 4.78 is 64.0. The van der Waals surface area contributed by atoms with Gasteiger partial charge in [-0.2, -0.15) is 13.2 Å². The van der Waals surface area contributed by atoms with Crippen molar-refractivity contribution < 1.29 is 21.6 Å². The maximum atomic E-state index is 12.7. The highest BCUT2D eigenvalue weighted by atomic mass is 32.2. The molecule has 0 aliphatic heterocycles. The topological polar surface area (TPSA) is 89.8 Å². The number of hydrogen-bond acceptors (Lipinski definition) is 6. The molecule has 0 amide bonds. The van der Waals surface area contributed by atoms with E-state index in [2.05, 4.69) is 20.3 Å². The van der Waals surface area contributed by atoms with E-state index >= 15 is 0 Å². The average Bonchev–Trinajstić information content (AvgIpc) is 3.08. The number of nitrogens with one attached hydrogen (secondary N) is 1. The van der Waals surface area contributed by atoms with Gasteiger partial charge in [0, 0.05) is 11.9 Å². The minimum Gasteiger partial charge on any atom is -0.339 e. The number of hydrogen-bond donors (Lipinski definition) is 1. The number of imidazole rings is 1. The van der Waals surface area contributed by atoms with Crippen molar-refractivity contribution in [2.45, 2.75) is 11.3 Å². The van der Waals surface area contributed by atoms with E-state index in [1.54, 1.807) is 24.3 Å². The van der Waals surface area contributed by atoms with Gasteiger partial charge in [-0.15, -0.1) is 0 Å². The van der Waals surface area contributed by atoms with Crippen LogP contribution in [-0.2, 0) is 16.0 Å². The van der Waals surface area contributed by atoms with Crippen LogP contribution in [0.15, 0.2) is 66.1 Å². The molecule has 0 spiro atoms. The van der Waals surface area contributed by atoms with Crippen LogP contribution in [0.25, 0.3) is 16.9 Å². The summed E-state index contributed by atoms with van der Waals surface area (Å²) in [5.41, 5.74) is 0.601. The second-order valence-corrected chi connectivity index (χ2v) is 8.36. The van der Waals surface area contributed by atoms with Gasteiger partial charge in [-0.05, 0) is 36.4 Å². The van der Waals surface area contributed by atoms with Gasteiger partial charge in [0.05, 0.1) is 29.0 Å². The number of aromatic nitrogens is 4. The Balaban J connectivity index is 1.74. The monoisotopic (exact) mass is 433 g/mol. The molecule has 154 valence electrons. The number of anilines is 2. The summed E-state index contributed by atoms with van der Waals surface area (Å²) in [4.78, 5) is 12.6. The summed E-state index contributed by atoms with van der Waals surface area (Å²) in [6, 6.07) is 11.3. The number of alkyl halides is 3. The number of benzene rings is 2. The molecule has 0 atom stereocenters. The van der Waals surface area contributed by atoms with Crippen LogP contribution in [0.3, 0.4) is 0 Å². The van der Waals surface area contributed by atoms with Gasteiger partial charge >= 0.3 is 6.18 Å². The van der Waals surface area contributed by atoms with E-state index in [0.29, 0.717) is 16.7 Å². The van der Waals surface area contributed by atoms with Gasteiger partial charge in [0.2, 0.25) is 15.0 Å². The van der Waals surface area contributed by atoms with Gasteiger partial charge in [-0.3, -0.25) is 9.55 Å². The fraction of sp³-hybridized carbons (Fsp3) is 0.105. The second-order valence-electron chi connectivity index (χ2n) is 6.45. The number of halogens is 3. The molecule has 30 heavy (non-hydrogen) atoms. The number of sulfone groups is 1. The molecular formula is C19H14F3N5O2S. The van der Waals surface area contributed by atoms with Crippen molar-refractivity contribution in [3.05, 3.63) is 66.5 Å². The molecule has 7 nitrogen and oxygen atoms in total. The molecule has 2 aromatic carbocycles. The molecule has 1 N–H and O–H groups in total. The van der Waals surface area contributed by atoms with Crippen molar-refractivity contribution in [1.29, 1.82) is 0 Å². The first kappa shape index (κ1) is 19.8. The predicted octanol–water partition coefficient (Wildman–Crippen LogP) is 3.98. The smallest absolute Gasteiger partial charge is 0.339 e. The second kappa shape index (κ2) is 7.10. The summed E-state index contributed by atoms with van der Waals surface area (Å²) in [5, 5.41) is 2.68. The van der Waals surface area contributed by atoms with E-state index in [-0.39, 0.29) is 16.8 Å². The summed E-state index contributed by atoms with van der Waals surface area (Å²) in [6.45, 7) is 0. The Morgan fingerprint density at radius 3 is 2.33 bits per heavy atom. The van der Waals surface area contributed by atoms with Crippen LogP contribution in [0, 0.1) is 0 Å². The van der Waals surface area contributed by atoms with Crippen LogP contribution in [0.1, 0.15) is 5.56 Å². The van der Waals surface area contributed by atoms with Crippen molar-refractivity contribution in [2.75, 3.05) is 11.6 Å². The molecule has 0 aliphatic carbocycles. The predicted molar refractivity (Wildman–Crippen MR) is 104 cm³/mol. The third-order valence-electron chi connectivity index (χ3n) is 4.20. The molecule has 4 rings (SSSR count). The molecule has 0 aliphatic rings. The first-order valence-electron chi connectivity index (χ1n) is 8.57. The van der Waals surface area contributed by atoms with Crippen LogP contribution < -0.4 is 5.32 Å². The minimum atomic E-state index is -4.43. The van der Waals surface area contributed by atoms with E-state index < -0.39 is 21.6 Å². The Hall–Kier alpha value is -3.47. The van der Waals surface area contributed by atoms with Gasteiger partial charge < -0.3 is 5.32 Å². The molecule has 0 saturated heterocycles. The highest BCUT2D eigenvalue weighted by Crippen LogP contribution is 2.30. The van der Waals surface area contributed by atoms with Crippen molar-refractivity contribution in [3.8, 4) is 5.82 Å². The van der Waals surface area contributed by atoms with Crippen LogP contribution in [0.2, 0.25) is 0 Å². The summed E-state index contributed by atoms with van der Waals surface area (Å²) >= 11 is 0. The quantitative estimate of drug-likeness (QED) is 0.524. The third-order valence-corrected chi connectivity index (χ3v) is 5.13. The van der Waals surface area contributed by atoms with Crippen LogP contribution in [0.5, 0.6) is 0 Å². The minimum absolute atomic E-state index is 0.190. The Kier molecular flexibility index (Phi) is 4.69. The van der Waals surface area contributed by atoms with Crippen molar-refractivity contribution in [3.63, 3.8) is 0 Å². The fourth-order valence-electron chi connectivity index (χ4n) is 2.89. The number of para-hydroxylation sites is 2. The normalized spacial score (nSPS) is 12.3. The van der Waals surface area contributed by atoms with Crippen LogP contribution in [0.4, 0.5) is 24.7 Å². The first-order chi connectivity index (χ1) is 14.1. The molecule has 4 aromatic rings. The summed E-state index contributed by atoms with van der Waals surface area (Å²) in [5.74, 6) is 0.422. The largest absolute Gasteiger partial charge is 0.416 e. The lowest BCUT2D eigenvalue weighted by Crippen LogP contribution is -2.10. The standard InChI is InChI=1S/C19H14F3N5O2S/c1-30(28,29)18-25-14-4-2-3-5-15(14)27(18)17-11-23-10-16(26-17)24-13-8-6-12(7-9-13)19(20,21)22/h2-11H,1H3,(H,24,26). The molecule has 11 heteroatoms. The molecule has 0 saturated carbocycles.